The second-order valence-corrected chi connectivity index (χ2v) is 4.31. The SMILES string of the molecule is c1nc(C2CCCN2)oc1C1CCOC1. The zero-order valence-corrected chi connectivity index (χ0v) is 8.74. The van der Waals surface area contributed by atoms with Gasteiger partial charge in [0, 0.05) is 12.5 Å². The number of nitrogens with one attached hydrogen (secondary N) is 1. The lowest BCUT2D eigenvalue weighted by Crippen LogP contribution is -2.12. The smallest absolute Gasteiger partial charge is 0.211 e. The Morgan fingerprint density at radius 1 is 1.40 bits per heavy atom. The monoisotopic (exact) mass is 208 g/mol. The predicted octanol–water partition coefficient (Wildman–Crippen LogP) is 1.60. The van der Waals surface area contributed by atoms with Gasteiger partial charge in [-0.25, -0.2) is 4.98 Å². The second kappa shape index (κ2) is 3.94. The molecule has 1 N–H and O–H groups in total. The van der Waals surface area contributed by atoms with Crippen LogP contribution in [0.4, 0.5) is 0 Å². The normalized spacial score (nSPS) is 31.2. The largest absolute Gasteiger partial charge is 0.444 e. The van der Waals surface area contributed by atoms with Crippen LogP contribution in [0, 0.1) is 0 Å². The van der Waals surface area contributed by atoms with Crippen LogP contribution in [0.25, 0.3) is 0 Å². The van der Waals surface area contributed by atoms with Crippen molar-refractivity contribution in [1.29, 1.82) is 0 Å². The summed E-state index contributed by atoms with van der Waals surface area (Å²) in [5, 5.41) is 3.39. The highest BCUT2D eigenvalue weighted by Crippen LogP contribution is 2.29. The molecule has 0 amide bonds. The van der Waals surface area contributed by atoms with E-state index in [9.17, 15) is 0 Å². The van der Waals surface area contributed by atoms with Crippen LogP contribution in [0.5, 0.6) is 0 Å². The standard InChI is InChI=1S/C11H16N2O2/c1-2-9(12-4-1)11-13-6-10(15-11)8-3-5-14-7-8/h6,8-9,12H,1-5,7H2. The first-order chi connectivity index (χ1) is 7.43. The van der Waals surface area contributed by atoms with Crippen molar-refractivity contribution in [3.05, 3.63) is 17.8 Å². The molecule has 4 nitrogen and oxygen atoms in total. The summed E-state index contributed by atoms with van der Waals surface area (Å²) in [5.74, 6) is 2.28. The maximum absolute atomic E-state index is 5.80. The summed E-state index contributed by atoms with van der Waals surface area (Å²) in [5.41, 5.74) is 0. The molecule has 82 valence electrons. The van der Waals surface area contributed by atoms with Crippen LogP contribution in [-0.4, -0.2) is 24.7 Å². The van der Waals surface area contributed by atoms with Gasteiger partial charge in [0.05, 0.1) is 18.8 Å². The van der Waals surface area contributed by atoms with Crippen LogP contribution in [-0.2, 0) is 4.74 Å². The molecule has 3 rings (SSSR count). The molecular weight excluding hydrogens is 192 g/mol. The van der Waals surface area contributed by atoms with Gasteiger partial charge in [0.25, 0.3) is 0 Å². The molecule has 1 aromatic heterocycles. The Balaban J connectivity index is 1.74. The second-order valence-electron chi connectivity index (χ2n) is 4.31. The predicted molar refractivity (Wildman–Crippen MR) is 54.7 cm³/mol. The van der Waals surface area contributed by atoms with Crippen molar-refractivity contribution in [1.82, 2.24) is 10.3 Å². The Kier molecular flexibility index (Phi) is 2.46. The Labute approximate surface area is 89.0 Å². The van der Waals surface area contributed by atoms with Gasteiger partial charge in [-0.15, -0.1) is 0 Å². The third kappa shape index (κ3) is 1.79. The van der Waals surface area contributed by atoms with Crippen molar-refractivity contribution in [2.24, 2.45) is 0 Å². The lowest BCUT2D eigenvalue weighted by atomic mass is 10.1. The first kappa shape index (κ1) is 9.36. The lowest BCUT2D eigenvalue weighted by molar-refractivity contribution is 0.191. The van der Waals surface area contributed by atoms with Gasteiger partial charge in [-0.05, 0) is 25.8 Å². The van der Waals surface area contributed by atoms with E-state index in [-0.39, 0.29) is 0 Å². The van der Waals surface area contributed by atoms with E-state index >= 15 is 0 Å². The summed E-state index contributed by atoms with van der Waals surface area (Å²) in [7, 11) is 0. The molecule has 0 aromatic carbocycles. The third-order valence-corrected chi connectivity index (χ3v) is 3.23. The highest BCUT2D eigenvalue weighted by molar-refractivity contribution is 5.06. The van der Waals surface area contributed by atoms with Gasteiger partial charge in [0.2, 0.25) is 5.89 Å². The van der Waals surface area contributed by atoms with E-state index in [0.717, 1.165) is 44.3 Å². The molecule has 15 heavy (non-hydrogen) atoms. The van der Waals surface area contributed by atoms with Gasteiger partial charge in [-0.3, -0.25) is 0 Å². The Morgan fingerprint density at radius 3 is 3.13 bits per heavy atom. The highest BCUT2D eigenvalue weighted by atomic mass is 16.5. The first-order valence-electron chi connectivity index (χ1n) is 5.70. The molecule has 2 aliphatic rings. The van der Waals surface area contributed by atoms with E-state index in [0.29, 0.717) is 12.0 Å². The Hall–Kier alpha value is -0.870. The molecule has 0 spiro atoms. The topological polar surface area (TPSA) is 47.3 Å². The molecule has 2 unspecified atom stereocenters. The molecular formula is C11H16N2O2. The summed E-state index contributed by atoms with van der Waals surface area (Å²) in [6, 6.07) is 0.334. The molecule has 0 radical (unpaired) electrons. The van der Waals surface area contributed by atoms with Gasteiger partial charge in [-0.1, -0.05) is 0 Å². The van der Waals surface area contributed by atoms with Gasteiger partial charge in [0.15, 0.2) is 0 Å². The lowest BCUT2D eigenvalue weighted by Gasteiger charge is -2.05. The molecule has 2 saturated heterocycles. The molecule has 4 heteroatoms. The first-order valence-corrected chi connectivity index (χ1v) is 5.70. The molecule has 2 atom stereocenters. The van der Waals surface area contributed by atoms with Gasteiger partial charge >= 0.3 is 0 Å². The minimum absolute atomic E-state index is 0.334. The highest BCUT2D eigenvalue weighted by Gasteiger charge is 2.25. The van der Waals surface area contributed by atoms with Gasteiger partial charge in [-0.2, -0.15) is 0 Å². The minimum atomic E-state index is 0.334. The third-order valence-electron chi connectivity index (χ3n) is 3.23. The van der Waals surface area contributed by atoms with Crippen molar-refractivity contribution >= 4 is 0 Å². The fourth-order valence-corrected chi connectivity index (χ4v) is 2.30. The molecule has 1 aromatic rings. The van der Waals surface area contributed by atoms with E-state index in [4.69, 9.17) is 9.15 Å². The van der Waals surface area contributed by atoms with E-state index in [1.165, 1.54) is 6.42 Å². The Morgan fingerprint density at radius 2 is 2.40 bits per heavy atom. The number of nitrogens with zero attached hydrogens (tertiary/aromatic N) is 1. The minimum Gasteiger partial charge on any atom is -0.444 e. The van der Waals surface area contributed by atoms with E-state index < -0.39 is 0 Å². The summed E-state index contributed by atoms with van der Waals surface area (Å²) >= 11 is 0. The number of hydrogen-bond acceptors (Lipinski definition) is 4. The van der Waals surface area contributed by atoms with Crippen molar-refractivity contribution < 1.29 is 9.15 Å². The maximum Gasteiger partial charge on any atom is 0.211 e. The zero-order valence-electron chi connectivity index (χ0n) is 8.74. The quantitative estimate of drug-likeness (QED) is 0.802. The number of ether oxygens (including phenoxy) is 1. The summed E-state index contributed by atoms with van der Waals surface area (Å²) in [6.45, 7) is 2.71. The zero-order chi connectivity index (χ0) is 10.1. The number of hydrogen-bond donors (Lipinski definition) is 1. The maximum atomic E-state index is 5.80. The van der Waals surface area contributed by atoms with E-state index in [2.05, 4.69) is 10.3 Å². The molecule has 2 fully saturated rings. The molecule has 0 bridgehead atoms. The van der Waals surface area contributed by atoms with Crippen molar-refractivity contribution in [2.45, 2.75) is 31.2 Å². The van der Waals surface area contributed by atoms with Crippen LogP contribution < -0.4 is 5.32 Å². The average Bonchev–Trinajstić information content (AvgIpc) is 3.02. The fraction of sp³-hybridized carbons (Fsp3) is 0.727. The fourth-order valence-electron chi connectivity index (χ4n) is 2.30. The Bertz CT molecular complexity index is 295. The van der Waals surface area contributed by atoms with Crippen molar-refractivity contribution in [3.8, 4) is 0 Å². The van der Waals surface area contributed by atoms with Gasteiger partial charge in [0.1, 0.15) is 5.76 Å². The van der Waals surface area contributed by atoms with Crippen LogP contribution >= 0.6 is 0 Å². The number of oxazole rings is 1. The summed E-state index contributed by atoms with van der Waals surface area (Å²) in [6.07, 6.45) is 5.29. The number of rotatable bonds is 2. The van der Waals surface area contributed by atoms with Gasteiger partial charge < -0.3 is 14.5 Å². The van der Waals surface area contributed by atoms with Crippen molar-refractivity contribution in [3.63, 3.8) is 0 Å². The summed E-state index contributed by atoms with van der Waals surface area (Å²) in [4.78, 5) is 4.36. The van der Waals surface area contributed by atoms with Crippen LogP contribution in [0.15, 0.2) is 10.6 Å². The van der Waals surface area contributed by atoms with Crippen LogP contribution in [0.3, 0.4) is 0 Å². The van der Waals surface area contributed by atoms with Crippen LogP contribution in [0.2, 0.25) is 0 Å². The van der Waals surface area contributed by atoms with E-state index in [1.807, 2.05) is 6.20 Å². The van der Waals surface area contributed by atoms with Crippen molar-refractivity contribution in [2.75, 3.05) is 19.8 Å². The molecule has 0 aliphatic carbocycles. The van der Waals surface area contributed by atoms with E-state index in [1.54, 1.807) is 0 Å². The summed E-state index contributed by atoms with van der Waals surface area (Å²) < 4.78 is 11.1. The van der Waals surface area contributed by atoms with Crippen LogP contribution in [0.1, 0.15) is 42.9 Å². The molecule has 3 heterocycles. The average molecular weight is 208 g/mol. The molecule has 0 saturated carbocycles. The number of aromatic nitrogens is 1. The molecule has 2 aliphatic heterocycles.